The molecule has 1 fully saturated rings. The fourth-order valence-electron chi connectivity index (χ4n) is 4.64. The Bertz CT molecular complexity index is 1340. The molecular weight excluding hydrogens is 484 g/mol. The monoisotopic (exact) mass is 516 g/mol. The summed E-state index contributed by atoms with van der Waals surface area (Å²) in [6, 6.07) is 23.8. The number of carbonyl (C=O) groups is 1. The van der Waals surface area contributed by atoms with Crippen molar-refractivity contribution in [1.29, 1.82) is 0 Å². The number of fused-ring (bicyclic) bond motifs is 1. The van der Waals surface area contributed by atoms with Crippen molar-refractivity contribution in [2.45, 2.75) is 13.0 Å². The average Bonchev–Trinajstić information content (AvgIpc) is 3.29. The zero-order valence-corrected chi connectivity index (χ0v) is 21.8. The zero-order chi connectivity index (χ0) is 25.6. The number of aromatic nitrogens is 1. The van der Waals surface area contributed by atoms with Crippen LogP contribution in [0.4, 0.5) is 5.69 Å². The first kappa shape index (κ1) is 25.4. The minimum atomic E-state index is -0.586. The number of nitrogens with one attached hydrogen (secondary N) is 1. The Morgan fingerprint density at radius 1 is 1.03 bits per heavy atom. The number of anilines is 1. The molecule has 0 saturated carbocycles. The Kier molecular flexibility index (Phi) is 8.11. The second-order valence-corrected chi connectivity index (χ2v) is 10.6. The van der Waals surface area contributed by atoms with E-state index in [0.717, 1.165) is 64.0 Å². The van der Waals surface area contributed by atoms with E-state index >= 15 is 0 Å². The Labute approximate surface area is 221 Å². The lowest BCUT2D eigenvalue weighted by molar-refractivity contribution is -0.117. The van der Waals surface area contributed by atoms with Crippen LogP contribution in [0, 0.1) is 6.92 Å². The molecule has 1 amide bonds. The van der Waals surface area contributed by atoms with Gasteiger partial charge in [0.25, 0.3) is 0 Å². The van der Waals surface area contributed by atoms with E-state index in [1.165, 1.54) is 0 Å². The molecule has 37 heavy (non-hydrogen) atoms. The molecular formula is C29H32N4O3S. The summed E-state index contributed by atoms with van der Waals surface area (Å²) in [5.41, 5.74) is 3.84. The predicted octanol–water partition coefficient (Wildman–Crippen LogP) is 4.27. The van der Waals surface area contributed by atoms with E-state index in [1.807, 2.05) is 79.7 Å². The molecule has 192 valence electrons. The van der Waals surface area contributed by atoms with Gasteiger partial charge < -0.3 is 15.2 Å². The van der Waals surface area contributed by atoms with Crippen molar-refractivity contribution in [2.75, 3.05) is 51.2 Å². The van der Waals surface area contributed by atoms with Gasteiger partial charge in [0.2, 0.25) is 5.91 Å². The third kappa shape index (κ3) is 6.72. The van der Waals surface area contributed by atoms with Crippen LogP contribution in [0.2, 0.25) is 0 Å². The molecule has 1 saturated heterocycles. The third-order valence-electron chi connectivity index (χ3n) is 6.50. The van der Waals surface area contributed by atoms with Gasteiger partial charge in [-0.05, 0) is 30.7 Å². The summed E-state index contributed by atoms with van der Waals surface area (Å²) in [6.45, 7) is 6.28. The van der Waals surface area contributed by atoms with Crippen LogP contribution in [0.1, 0.15) is 5.01 Å². The number of amides is 1. The van der Waals surface area contributed by atoms with Gasteiger partial charge in [-0.1, -0.05) is 48.5 Å². The minimum Gasteiger partial charge on any atom is -0.491 e. The standard InChI is InChI=1S/C29H32N4O3S/c1-21-30-27-17-24(11-12-28(27)37-21)36-20-23(34)18-32-13-15-33(16-14-32)19-29(35)31-26-10-6-5-9-25(26)22-7-3-2-4-8-22/h2-12,17,23,34H,13-16,18-20H2,1H3,(H,31,35). The van der Waals surface area contributed by atoms with Crippen LogP contribution < -0.4 is 10.1 Å². The fraction of sp³-hybridized carbons (Fsp3) is 0.310. The number of rotatable bonds is 9. The number of carbonyl (C=O) groups excluding carboxylic acids is 1. The summed E-state index contributed by atoms with van der Waals surface area (Å²) in [5.74, 6) is 0.707. The van der Waals surface area contributed by atoms with Crippen molar-refractivity contribution in [1.82, 2.24) is 14.8 Å². The molecule has 8 heteroatoms. The first-order valence-corrected chi connectivity index (χ1v) is 13.4. The lowest BCUT2D eigenvalue weighted by atomic mass is 10.0. The van der Waals surface area contributed by atoms with E-state index in [-0.39, 0.29) is 12.5 Å². The molecule has 1 aromatic heterocycles. The fourth-order valence-corrected chi connectivity index (χ4v) is 5.45. The highest BCUT2D eigenvalue weighted by Crippen LogP contribution is 2.28. The molecule has 7 nitrogen and oxygen atoms in total. The van der Waals surface area contributed by atoms with E-state index in [9.17, 15) is 9.90 Å². The van der Waals surface area contributed by atoms with Crippen LogP contribution in [-0.2, 0) is 4.79 Å². The number of nitrogens with zero attached hydrogens (tertiary/aromatic N) is 3. The van der Waals surface area contributed by atoms with Gasteiger partial charge in [0, 0.05) is 50.0 Å². The normalized spacial score (nSPS) is 15.5. The van der Waals surface area contributed by atoms with Crippen LogP contribution in [-0.4, -0.2) is 77.8 Å². The largest absolute Gasteiger partial charge is 0.491 e. The van der Waals surface area contributed by atoms with Gasteiger partial charge in [0.15, 0.2) is 0 Å². The van der Waals surface area contributed by atoms with Gasteiger partial charge in [0.1, 0.15) is 18.5 Å². The average molecular weight is 517 g/mol. The Morgan fingerprint density at radius 3 is 2.57 bits per heavy atom. The third-order valence-corrected chi connectivity index (χ3v) is 7.45. The summed E-state index contributed by atoms with van der Waals surface area (Å²) >= 11 is 1.66. The highest BCUT2D eigenvalue weighted by atomic mass is 32.1. The van der Waals surface area contributed by atoms with Crippen molar-refractivity contribution < 1.29 is 14.6 Å². The second-order valence-electron chi connectivity index (χ2n) is 9.36. The van der Waals surface area contributed by atoms with E-state index in [2.05, 4.69) is 20.1 Å². The molecule has 1 aliphatic rings. The maximum absolute atomic E-state index is 12.8. The molecule has 3 aromatic carbocycles. The van der Waals surface area contributed by atoms with Gasteiger partial charge in [-0.3, -0.25) is 14.6 Å². The molecule has 2 N–H and O–H groups in total. The van der Waals surface area contributed by atoms with Crippen LogP contribution in [0.5, 0.6) is 5.75 Å². The number of ether oxygens (including phenoxy) is 1. The number of hydrogen-bond acceptors (Lipinski definition) is 7. The Morgan fingerprint density at radius 2 is 1.76 bits per heavy atom. The Hall–Kier alpha value is -3.30. The summed E-state index contributed by atoms with van der Waals surface area (Å²) < 4.78 is 6.96. The van der Waals surface area contributed by atoms with E-state index in [0.29, 0.717) is 13.1 Å². The van der Waals surface area contributed by atoms with Crippen LogP contribution in [0.15, 0.2) is 72.8 Å². The number of piperazine rings is 1. The highest BCUT2D eigenvalue weighted by Gasteiger charge is 2.21. The Balaban J connectivity index is 1.05. The molecule has 0 spiro atoms. The van der Waals surface area contributed by atoms with Gasteiger partial charge in [-0.15, -0.1) is 11.3 Å². The smallest absolute Gasteiger partial charge is 0.238 e. The van der Waals surface area contributed by atoms with Crippen molar-refractivity contribution in [2.24, 2.45) is 0 Å². The molecule has 1 aliphatic heterocycles. The number of thiazole rings is 1. The van der Waals surface area contributed by atoms with Gasteiger partial charge in [-0.2, -0.15) is 0 Å². The maximum atomic E-state index is 12.8. The van der Waals surface area contributed by atoms with Crippen LogP contribution in [0.3, 0.4) is 0 Å². The van der Waals surface area contributed by atoms with Gasteiger partial charge in [-0.25, -0.2) is 4.98 Å². The summed E-state index contributed by atoms with van der Waals surface area (Å²) in [6.07, 6.45) is -0.586. The number of β-amino-alcohol motifs (C(OH)–C–C–N with tert-alkyl or cyclic N) is 1. The van der Waals surface area contributed by atoms with Gasteiger partial charge in [0.05, 0.1) is 21.8 Å². The van der Waals surface area contributed by atoms with Crippen molar-refractivity contribution in [3.63, 3.8) is 0 Å². The molecule has 1 atom stereocenters. The summed E-state index contributed by atoms with van der Waals surface area (Å²) in [5, 5.41) is 14.6. The summed E-state index contributed by atoms with van der Waals surface area (Å²) in [4.78, 5) is 21.7. The van der Waals surface area contributed by atoms with E-state index in [4.69, 9.17) is 4.74 Å². The molecule has 4 aromatic rings. The first-order chi connectivity index (χ1) is 18.0. The zero-order valence-electron chi connectivity index (χ0n) is 21.0. The molecule has 1 unspecified atom stereocenters. The molecule has 0 radical (unpaired) electrons. The van der Waals surface area contributed by atoms with Crippen molar-refractivity contribution in [3.05, 3.63) is 77.8 Å². The number of benzene rings is 3. The SMILES string of the molecule is Cc1nc2cc(OCC(O)CN3CCN(CC(=O)Nc4ccccc4-c4ccccc4)CC3)ccc2s1. The van der Waals surface area contributed by atoms with Crippen molar-refractivity contribution >= 4 is 33.1 Å². The quantitative estimate of drug-likeness (QED) is 0.346. The predicted molar refractivity (Wildman–Crippen MR) is 149 cm³/mol. The number of para-hydroxylation sites is 1. The van der Waals surface area contributed by atoms with E-state index < -0.39 is 6.10 Å². The number of aliphatic hydroxyl groups is 1. The molecule has 0 bridgehead atoms. The lowest BCUT2D eigenvalue weighted by Gasteiger charge is -2.35. The highest BCUT2D eigenvalue weighted by molar-refractivity contribution is 7.18. The number of aryl methyl sites for hydroxylation is 1. The summed E-state index contributed by atoms with van der Waals surface area (Å²) in [7, 11) is 0. The van der Waals surface area contributed by atoms with E-state index in [1.54, 1.807) is 11.3 Å². The van der Waals surface area contributed by atoms with Gasteiger partial charge >= 0.3 is 0 Å². The first-order valence-electron chi connectivity index (χ1n) is 12.6. The number of hydrogen-bond donors (Lipinski definition) is 2. The van der Waals surface area contributed by atoms with Crippen LogP contribution in [0.25, 0.3) is 21.3 Å². The van der Waals surface area contributed by atoms with Crippen molar-refractivity contribution in [3.8, 4) is 16.9 Å². The maximum Gasteiger partial charge on any atom is 0.238 e. The number of aliphatic hydroxyl groups excluding tert-OH is 1. The van der Waals surface area contributed by atoms with Crippen LogP contribution >= 0.6 is 11.3 Å². The molecule has 5 rings (SSSR count). The topological polar surface area (TPSA) is 77.9 Å². The second kappa shape index (κ2) is 11.8. The lowest BCUT2D eigenvalue weighted by Crippen LogP contribution is -2.50. The molecule has 0 aliphatic carbocycles. The minimum absolute atomic E-state index is 0.0162. The molecule has 2 heterocycles.